The Bertz CT molecular complexity index is 512. The highest BCUT2D eigenvalue weighted by Crippen LogP contribution is 2.17. The summed E-state index contributed by atoms with van der Waals surface area (Å²) in [7, 11) is 0. The fraction of sp³-hybridized carbons (Fsp3) is 0.375. The first-order valence-corrected chi connectivity index (χ1v) is 6.55. The van der Waals surface area contributed by atoms with Crippen LogP contribution in [0.15, 0.2) is 24.8 Å². The van der Waals surface area contributed by atoms with E-state index < -0.39 is 5.97 Å². The van der Waals surface area contributed by atoms with Gasteiger partial charge in [0.1, 0.15) is 0 Å². The van der Waals surface area contributed by atoms with Gasteiger partial charge in [0.15, 0.2) is 0 Å². The number of aryl methyl sites for hydroxylation is 3. The number of amides is 1. The molecule has 1 amide bonds. The van der Waals surface area contributed by atoms with Crippen molar-refractivity contribution in [2.24, 2.45) is 5.92 Å². The highest BCUT2D eigenvalue weighted by molar-refractivity contribution is 5.93. The Balaban J connectivity index is 2.69. The van der Waals surface area contributed by atoms with Gasteiger partial charge >= 0.3 is 5.97 Å². The first-order chi connectivity index (χ1) is 9.35. The van der Waals surface area contributed by atoms with Gasteiger partial charge in [-0.05, 0) is 37.8 Å². The van der Waals surface area contributed by atoms with E-state index in [9.17, 15) is 9.59 Å². The number of carbonyl (C=O) groups excluding carboxylic acids is 2. The van der Waals surface area contributed by atoms with Gasteiger partial charge in [0, 0.05) is 6.42 Å². The number of benzene rings is 1. The minimum atomic E-state index is -0.542. The summed E-state index contributed by atoms with van der Waals surface area (Å²) >= 11 is 0. The van der Waals surface area contributed by atoms with Crippen LogP contribution in [0.4, 0.5) is 0 Å². The summed E-state index contributed by atoms with van der Waals surface area (Å²) in [6.07, 6.45) is 1.91. The van der Waals surface area contributed by atoms with Crippen LogP contribution in [0.25, 0.3) is 0 Å². The molecule has 1 atom stereocenters. The number of hydrogen-bond donors (Lipinski definition) is 1. The Kier molecular flexibility index (Phi) is 5.50. The molecule has 1 rings (SSSR count). The number of hydroxylamine groups is 1. The van der Waals surface area contributed by atoms with Crippen LogP contribution in [0.3, 0.4) is 0 Å². The van der Waals surface area contributed by atoms with Crippen molar-refractivity contribution in [1.29, 1.82) is 0 Å². The van der Waals surface area contributed by atoms with Crippen molar-refractivity contribution in [3.8, 4) is 0 Å². The first kappa shape index (κ1) is 16.0. The largest absolute Gasteiger partial charge is 0.363 e. The van der Waals surface area contributed by atoms with Crippen molar-refractivity contribution in [3.63, 3.8) is 0 Å². The van der Waals surface area contributed by atoms with E-state index in [4.69, 9.17) is 4.84 Å². The average Bonchev–Trinajstić information content (AvgIpc) is 2.34. The molecule has 0 spiro atoms. The molecule has 108 valence electrons. The first-order valence-electron chi connectivity index (χ1n) is 6.55. The van der Waals surface area contributed by atoms with Gasteiger partial charge in [0.05, 0.1) is 5.56 Å². The zero-order valence-electron chi connectivity index (χ0n) is 12.4. The second-order valence-corrected chi connectivity index (χ2v) is 5.11. The predicted molar refractivity (Wildman–Crippen MR) is 78.2 cm³/mol. The second-order valence-electron chi connectivity index (χ2n) is 5.11. The Labute approximate surface area is 119 Å². The fourth-order valence-corrected chi connectivity index (χ4v) is 2.07. The Morgan fingerprint density at radius 2 is 1.85 bits per heavy atom. The van der Waals surface area contributed by atoms with Crippen LogP contribution >= 0.6 is 0 Å². The second kappa shape index (κ2) is 6.89. The van der Waals surface area contributed by atoms with Gasteiger partial charge in [-0.15, -0.1) is 6.58 Å². The average molecular weight is 275 g/mol. The zero-order chi connectivity index (χ0) is 15.3. The minimum Gasteiger partial charge on any atom is -0.335 e. The molecule has 4 nitrogen and oxygen atoms in total. The van der Waals surface area contributed by atoms with E-state index in [2.05, 4.69) is 12.1 Å². The number of carbonyl (C=O) groups is 2. The van der Waals surface area contributed by atoms with Crippen molar-refractivity contribution >= 4 is 11.9 Å². The van der Waals surface area contributed by atoms with E-state index in [-0.39, 0.29) is 18.2 Å². The van der Waals surface area contributed by atoms with Crippen LogP contribution in [0, 0.1) is 26.7 Å². The summed E-state index contributed by atoms with van der Waals surface area (Å²) in [5, 5.41) is 0. The van der Waals surface area contributed by atoms with E-state index in [1.165, 1.54) is 0 Å². The maximum atomic E-state index is 12.0. The van der Waals surface area contributed by atoms with Crippen LogP contribution in [-0.2, 0) is 9.63 Å². The molecule has 0 saturated heterocycles. The molecule has 0 bridgehead atoms. The lowest BCUT2D eigenvalue weighted by molar-refractivity contribution is -0.130. The molecule has 0 saturated carbocycles. The molecule has 0 radical (unpaired) electrons. The summed E-state index contributed by atoms with van der Waals surface area (Å²) in [6, 6.07) is 3.82. The normalized spacial score (nSPS) is 11.6. The van der Waals surface area contributed by atoms with Crippen LogP contribution in [0.5, 0.6) is 0 Å². The fourth-order valence-electron chi connectivity index (χ4n) is 2.07. The van der Waals surface area contributed by atoms with Crippen LogP contribution in [0.1, 0.15) is 40.4 Å². The standard InChI is InChI=1S/C16H21NO3/c1-6-10(2)9-14(18)17-20-16(19)15-12(4)7-11(3)8-13(15)5/h6-8,10H,1,9H2,2-5H3,(H,17,18). The smallest absolute Gasteiger partial charge is 0.335 e. The molecule has 0 aromatic heterocycles. The number of hydrogen-bond acceptors (Lipinski definition) is 3. The molecule has 0 heterocycles. The van der Waals surface area contributed by atoms with Gasteiger partial charge < -0.3 is 4.84 Å². The molecule has 20 heavy (non-hydrogen) atoms. The molecular formula is C16H21NO3. The topological polar surface area (TPSA) is 55.4 Å². The van der Waals surface area contributed by atoms with E-state index >= 15 is 0 Å². The molecule has 1 aromatic carbocycles. The summed E-state index contributed by atoms with van der Waals surface area (Å²) in [5.41, 5.74) is 5.42. The molecule has 1 aromatic rings. The molecule has 1 N–H and O–H groups in total. The van der Waals surface area contributed by atoms with E-state index in [1.807, 2.05) is 39.8 Å². The van der Waals surface area contributed by atoms with Crippen molar-refractivity contribution in [2.75, 3.05) is 0 Å². The molecular weight excluding hydrogens is 254 g/mol. The summed E-state index contributed by atoms with van der Waals surface area (Å²) < 4.78 is 0. The van der Waals surface area contributed by atoms with Gasteiger partial charge in [-0.25, -0.2) is 4.79 Å². The third-order valence-electron chi connectivity index (χ3n) is 3.05. The third kappa shape index (κ3) is 4.23. The lowest BCUT2D eigenvalue weighted by Crippen LogP contribution is -2.28. The van der Waals surface area contributed by atoms with Crippen molar-refractivity contribution in [2.45, 2.75) is 34.1 Å². The third-order valence-corrected chi connectivity index (χ3v) is 3.05. The molecule has 0 aliphatic heterocycles. The number of allylic oxidation sites excluding steroid dienone is 1. The van der Waals surface area contributed by atoms with Crippen molar-refractivity contribution < 1.29 is 14.4 Å². The summed E-state index contributed by atoms with van der Waals surface area (Å²) in [4.78, 5) is 28.4. The van der Waals surface area contributed by atoms with Crippen LogP contribution in [-0.4, -0.2) is 11.9 Å². The van der Waals surface area contributed by atoms with E-state index in [0.717, 1.165) is 16.7 Å². The van der Waals surface area contributed by atoms with Gasteiger partial charge in [0.2, 0.25) is 0 Å². The Morgan fingerprint density at radius 3 is 2.35 bits per heavy atom. The predicted octanol–water partition coefficient (Wildman–Crippen LogP) is 3.01. The lowest BCUT2D eigenvalue weighted by Gasteiger charge is -2.11. The van der Waals surface area contributed by atoms with Gasteiger partial charge in [-0.1, -0.05) is 30.7 Å². The Morgan fingerprint density at radius 1 is 1.30 bits per heavy atom. The quantitative estimate of drug-likeness (QED) is 0.679. The monoisotopic (exact) mass is 275 g/mol. The summed E-state index contributed by atoms with van der Waals surface area (Å²) in [5.74, 6) is -0.843. The molecule has 0 fully saturated rings. The zero-order valence-corrected chi connectivity index (χ0v) is 12.4. The van der Waals surface area contributed by atoms with Crippen molar-refractivity contribution in [1.82, 2.24) is 5.48 Å². The van der Waals surface area contributed by atoms with E-state index in [1.54, 1.807) is 6.08 Å². The molecule has 4 heteroatoms. The van der Waals surface area contributed by atoms with Gasteiger partial charge in [0.25, 0.3) is 5.91 Å². The highest BCUT2D eigenvalue weighted by Gasteiger charge is 2.16. The minimum absolute atomic E-state index is 0.0385. The highest BCUT2D eigenvalue weighted by atomic mass is 16.7. The Hall–Kier alpha value is -2.10. The van der Waals surface area contributed by atoms with Crippen molar-refractivity contribution in [3.05, 3.63) is 47.0 Å². The summed E-state index contributed by atoms with van der Waals surface area (Å²) in [6.45, 7) is 11.1. The van der Waals surface area contributed by atoms with Crippen LogP contribution in [0.2, 0.25) is 0 Å². The maximum Gasteiger partial charge on any atom is 0.363 e. The number of rotatable bonds is 4. The molecule has 0 aliphatic rings. The lowest BCUT2D eigenvalue weighted by atomic mass is 10.0. The van der Waals surface area contributed by atoms with Crippen LogP contribution < -0.4 is 5.48 Å². The molecule has 1 unspecified atom stereocenters. The van der Waals surface area contributed by atoms with Gasteiger partial charge in [-0.3, -0.25) is 4.79 Å². The van der Waals surface area contributed by atoms with E-state index in [0.29, 0.717) is 5.56 Å². The van der Waals surface area contributed by atoms with Gasteiger partial charge in [-0.2, -0.15) is 5.48 Å². The SMILES string of the molecule is C=CC(C)CC(=O)NOC(=O)c1c(C)cc(C)cc1C. The molecule has 0 aliphatic carbocycles. The maximum absolute atomic E-state index is 12.0. The number of nitrogens with one attached hydrogen (secondary N) is 1.